The van der Waals surface area contributed by atoms with Crippen molar-refractivity contribution in [2.24, 2.45) is 0 Å². The molecule has 0 aliphatic carbocycles. The summed E-state index contributed by atoms with van der Waals surface area (Å²) in [5, 5.41) is 9.28. The van der Waals surface area contributed by atoms with Crippen LogP contribution in [-0.2, 0) is 6.18 Å². The van der Waals surface area contributed by atoms with Crippen LogP contribution in [0, 0.1) is 0 Å². The molecule has 2 nitrogen and oxygen atoms in total. The minimum absolute atomic E-state index is 0.132. The summed E-state index contributed by atoms with van der Waals surface area (Å²) in [5.41, 5.74) is -0.740. The molecule has 1 unspecified atom stereocenters. The zero-order chi connectivity index (χ0) is 11.6. The lowest BCUT2D eigenvalue weighted by Gasteiger charge is -2.16. The van der Waals surface area contributed by atoms with Crippen LogP contribution in [-0.4, -0.2) is 12.2 Å². The summed E-state index contributed by atoms with van der Waals surface area (Å²) in [4.78, 5) is 0. The third-order valence-corrected chi connectivity index (χ3v) is 2.01. The number of aliphatic hydroxyl groups is 1. The van der Waals surface area contributed by atoms with Crippen LogP contribution in [0.1, 0.15) is 24.2 Å². The molecule has 15 heavy (non-hydrogen) atoms. The standard InChI is InChI=1S/C10H11F3O2/c1-6(14)7-4-3-5-8(9(7)15-2)10(11,12)13/h3-6,14H,1-2H3. The number of hydrogen-bond acceptors (Lipinski definition) is 2. The molecule has 5 heteroatoms. The Morgan fingerprint density at radius 1 is 1.33 bits per heavy atom. The highest BCUT2D eigenvalue weighted by molar-refractivity contribution is 5.44. The zero-order valence-electron chi connectivity index (χ0n) is 8.30. The summed E-state index contributed by atoms with van der Waals surface area (Å²) in [6.07, 6.45) is -5.47. The molecule has 0 aromatic heterocycles. The first-order chi connectivity index (χ1) is 6.88. The topological polar surface area (TPSA) is 29.5 Å². The van der Waals surface area contributed by atoms with Crippen molar-refractivity contribution < 1.29 is 23.0 Å². The number of benzene rings is 1. The Kier molecular flexibility index (Phi) is 3.24. The minimum Gasteiger partial charge on any atom is -0.496 e. The number of halogens is 3. The summed E-state index contributed by atoms with van der Waals surface area (Å²) >= 11 is 0. The fraction of sp³-hybridized carbons (Fsp3) is 0.400. The second-order valence-electron chi connectivity index (χ2n) is 3.10. The number of hydrogen-bond donors (Lipinski definition) is 1. The van der Waals surface area contributed by atoms with Crippen molar-refractivity contribution >= 4 is 0 Å². The van der Waals surface area contributed by atoms with Gasteiger partial charge in [-0.05, 0) is 13.0 Å². The summed E-state index contributed by atoms with van der Waals surface area (Å²) in [5.74, 6) is -0.319. The fourth-order valence-corrected chi connectivity index (χ4v) is 1.33. The molecule has 1 aromatic carbocycles. The highest BCUT2D eigenvalue weighted by Crippen LogP contribution is 2.39. The lowest BCUT2D eigenvalue weighted by molar-refractivity contribution is -0.138. The lowest BCUT2D eigenvalue weighted by atomic mass is 10.0. The smallest absolute Gasteiger partial charge is 0.419 e. The van der Waals surface area contributed by atoms with Gasteiger partial charge in [0.25, 0.3) is 0 Å². The molecule has 0 bridgehead atoms. The molecule has 1 N–H and O–H groups in total. The van der Waals surface area contributed by atoms with E-state index in [4.69, 9.17) is 0 Å². The number of aliphatic hydroxyl groups excluding tert-OH is 1. The molecule has 84 valence electrons. The second kappa shape index (κ2) is 4.10. The fourth-order valence-electron chi connectivity index (χ4n) is 1.33. The van der Waals surface area contributed by atoms with Crippen LogP contribution in [0.25, 0.3) is 0 Å². The molecular formula is C10H11F3O2. The van der Waals surface area contributed by atoms with Gasteiger partial charge in [0.15, 0.2) is 0 Å². The van der Waals surface area contributed by atoms with Crippen molar-refractivity contribution in [3.63, 3.8) is 0 Å². The Balaban J connectivity index is 3.35. The maximum absolute atomic E-state index is 12.5. The summed E-state index contributed by atoms with van der Waals surface area (Å²) in [6, 6.07) is 3.57. The molecule has 0 saturated carbocycles. The van der Waals surface area contributed by atoms with E-state index in [-0.39, 0.29) is 11.3 Å². The van der Waals surface area contributed by atoms with Crippen molar-refractivity contribution in [1.29, 1.82) is 0 Å². The van der Waals surface area contributed by atoms with Crippen molar-refractivity contribution in [2.45, 2.75) is 19.2 Å². The Labute approximate surface area is 85.3 Å². The Hall–Kier alpha value is -1.23. The van der Waals surface area contributed by atoms with Gasteiger partial charge in [0.1, 0.15) is 5.75 Å². The van der Waals surface area contributed by atoms with Gasteiger partial charge < -0.3 is 9.84 Å². The van der Waals surface area contributed by atoms with Gasteiger partial charge in [-0.2, -0.15) is 13.2 Å². The first-order valence-electron chi connectivity index (χ1n) is 4.30. The van der Waals surface area contributed by atoms with Crippen molar-refractivity contribution in [2.75, 3.05) is 7.11 Å². The monoisotopic (exact) mass is 220 g/mol. The maximum Gasteiger partial charge on any atom is 0.419 e. The van der Waals surface area contributed by atoms with Gasteiger partial charge >= 0.3 is 6.18 Å². The summed E-state index contributed by atoms with van der Waals surface area (Å²) in [6.45, 7) is 1.39. The van der Waals surface area contributed by atoms with Crippen LogP contribution in [0.5, 0.6) is 5.75 Å². The third-order valence-electron chi connectivity index (χ3n) is 2.01. The van der Waals surface area contributed by atoms with Crippen LogP contribution in [0.4, 0.5) is 13.2 Å². The molecule has 0 radical (unpaired) electrons. The van der Waals surface area contributed by atoms with Crippen LogP contribution < -0.4 is 4.74 Å². The number of methoxy groups -OCH3 is 1. The average molecular weight is 220 g/mol. The molecule has 0 aliphatic heterocycles. The summed E-state index contributed by atoms with van der Waals surface area (Å²) < 4.78 is 42.2. The zero-order valence-corrected chi connectivity index (χ0v) is 8.30. The predicted molar refractivity (Wildman–Crippen MR) is 48.6 cm³/mol. The maximum atomic E-state index is 12.5. The first kappa shape index (κ1) is 11.8. The van der Waals surface area contributed by atoms with E-state index in [1.54, 1.807) is 0 Å². The molecule has 1 atom stereocenters. The van der Waals surface area contributed by atoms with E-state index >= 15 is 0 Å². The number of para-hydroxylation sites is 1. The van der Waals surface area contributed by atoms with Crippen molar-refractivity contribution in [3.8, 4) is 5.75 Å². The largest absolute Gasteiger partial charge is 0.496 e. The van der Waals surface area contributed by atoms with Gasteiger partial charge in [-0.25, -0.2) is 0 Å². The molecule has 1 rings (SSSR count). The van der Waals surface area contributed by atoms with E-state index in [0.29, 0.717) is 0 Å². The van der Waals surface area contributed by atoms with Gasteiger partial charge in [-0.15, -0.1) is 0 Å². The molecular weight excluding hydrogens is 209 g/mol. The van der Waals surface area contributed by atoms with Crippen molar-refractivity contribution in [1.82, 2.24) is 0 Å². The number of rotatable bonds is 2. The number of ether oxygens (including phenoxy) is 1. The van der Waals surface area contributed by atoms with Crippen LogP contribution >= 0.6 is 0 Å². The van der Waals surface area contributed by atoms with Gasteiger partial charge in [-0.3, -0.25) is 0 Å². The molecule has 0 aliphatic rings. The Bertz CT molecular complexity index is 345. The van der Waals surface area contributed by atoms with Gasteiger partial charge in [0.2, 0.25) is 0 Å². The highest BCUT2D eigenvalue weighted by atomic mass is 19.4. The molecule has 0 amide bonds. The van der Waals surface area contributed by atoms with Crippen molar-refractivity contribution in [3.05, 3.63) is 29.3 Å². The average Bonchev–Trinajstić information content (AvgIpc) is 2.15. The summed E-state index contributed by atoms with van der Waals surface area (Å²) in [7, 11) is 1.15. The van der Waals surface area contributed by atoms with E-state index in [1.165, 1.54) is 19.1 Å². The van der Waals surface area contributed by atoms with Gasteiger partial charge in [0, 0.05) is 5.56 Å². The van der Waals surface area contributed by atoms with E-state index in [9.17, 15) is 18.3 Å². The molecule has 0 spiro atoms. The molecule has 1 aromatic rings. The first-order valence-corrected chi connectivity index (χ1v) is 4.30. The minimum atomic E-state index is -4.48. The Morgan fingerprint density at radius 2 is 1.93 bits per heavy atom. The van der Waals surface area contributed by atoms with Gasteiger partial charge in [-0.1, -0.05) is 12.1 Å². The highest BCUT2D eigenvalue weighted by Gasteiger charge is 2.35. The third kappa shape index (κ3) is 2.41. The normalized spacial score (nSPS) is 13.7. The molecule has 0 heterocycles. The van der Waals surface area contributed by atoms with Crippen LogP contribution in [0.15, 0.2) is 18.2 Å². The molecule has 0 fully saturated rings. The van der Waals surface area contributed by atoms with Crippen LogP contribution in [0.3, 0.4) is 0 Å². The Morgan fingerprint density at radius 3 is 2.33 bits per heavy atom. The predicted octanol–water partition coefficient (Wildman–Crippen LogP) is 2.77. The van der Waals surface area contributed by atoms with E-state index in [2.05, 4.69) is 4.74 Å². The lowest BCUT2D eigenvalue weighted by Crippen LogP contribution is -2.09. The SMILES string of the molecule is COc1c(C(C)O)cccc1C(F)(F)F. The van der Waals surface area contributed by atoms with Gasteiger partial charge in [0.05, 0.1) is 18.8 Å². The van der Waals surface area contributed by atoms with E-state index in [0.717, 1.165) is 13.2 Å². The molecule has 0 saturated heterocycles. The van der Waals surface area contributed by atoms with E-state index in [1.807, 2.05) is 0 Å². The quantitative estimate of drug-likeness (QED) is 0.830. The van der Waals surface area contributed by atoms with Crippen LogP contribution in [0.2, 0.25) is 0 Å². The second-order valence-corrected chi connectivity index (χ2v) is 3.10. The van der Waals surface area contributed by atoms with E-state index < -0.39 is 17.8 Å². The number of alkyl halides is 3.